The summed E-state index contributed by atoms with van der Waals surface area (Å²) in [5.74, 6) is -0.177. The number of piperidine rings is 1. The first-order chi connectivity index (χ1) is 8.22. The van der Waals surface area contributed by atoms with E-state index < -0.39 is 0 Å². The monoisotopic (exact) mass is 235 g/mol. The van der Waals surface area contributed by atoms with Gasteiger partial charge in [-0.1, -0.05) is 6.92 Å². The van der Waals surface area contributed by atoms with Gasteiger partial charge in [-0.2, -0.15) is 0 Å². The van der Waals surface area contributed by atoms with Crippen molar-refractivity contribution in [2.45, 2.75) is 32.6 Å². The van der Waals surface area contributed by atoms with Gasteiger partial charge in [0.05, 0.1) is 5.69 Å². The van der Waals surface area contributed by atoms with E-state index in [0.29, 0.717) is 12.0 Å². The van der Waals surface area contributed by atoms with Gasteiger partial charge < -0.3 is 4.90 Å². The molecular weight excluding hydrogens is 217 g/mol. The van der Waals surface area contributed by atoms with Gasteiger partial charge in [-0.25, -0.2) is 4.39 Å². The van der Waals surface area contributed by atoms with Crippen LogP contribution < -0.4 is 4.90 Å². The van der Waals surface area contributed by atoms with Crippen molar-refractivity contribution in [3.8, 4) is 0 Å². The summed E-state index contributed by atoms with van der Waals surface area (Å²) < 4.78 is 13.3. The van der Waals surface area contributed by atoms with E-state index in [0.717, 1.165) is 31.6 Å². The molecule has 1 heterocycles. The molecule has 1 aliphatic heterocycles. The molecule has 0 atom stereocenters. The summed E-state index contributed by atoms with van der Waals surface area (Å²) in [6.07, 6.45) is 3.93. The number of carbonyl (C=O) groups excluding carboxylic acids is 1. The van der Waals surface area contributed by atoms with Crippen LogP contribution in [-0.2, 0) is 0 Å². The highest BCUT2D eigenvalue weighted by atomic mass is 19.1. The molecule has 0 unspecified atom stereocenters. The Bertz CT molecular complexity index is 411. The highest BCUT2D eigenvalue weighted by Crippen LogP contribution is 2.26. The highest BCUT2D eigenvalue weighted by molar-refractivity contribution is 6.01. The summed E-state index contributed by atoms with van der Waals surface area (Å²) in [5, 5.41) is 0. The average Bonchev–Trinajstić information content (AvgIpc) is 2.39. The summed E-state index contributed by atoms with van der Waals surface area (Å²) in [5.41, 5.74) is 1.44. The summed E-state index contributed by atoms with van der Waals surface area (Å²) >= 11 is 0. The Hall–Kier alpha value is -1.38. The van der Waals surface area contributed by atoms with Crippen molar-refractivity contribution in [2.24, 2.45) is 0 Å². The number of benzene rings is 1. The van der Waals surface area contributed by atoms with Gasteiger partial charge in [0.2, 0.25) is 0 Å². The molecule has 2 nitrogen and oxygen atoms in total. The summed E-state index contributed by atoms with van der Waals surface area (Å²) in [6, 6.07) is 4.48. The summed E-state index contributed by atoms with van der Waals surface area (Å²) in [6.45, 7) is 3.69. The first-order valence-corrected chi connectivity index (χ1v) is 6.30. The Labute approximate surface area is 101 Å². The molecule has 1 aromatic rings. The molecule has 2 rings (SSSR count). The average molecular weight is 235 g/mol. The second kappa shape index (κ2) is 5.30. The van der Waals surface area contributed by atoms with Crippen LogP contribution >= 0.6 is 0 Å². The van der Waals surface area contributed by atoms with Crippen LogP contribution in [0.3, 0.4) is 0 Å². The van der Waals surface area contributed by atoms with Crippen LogP contribution in [0.25, 0.3) is 0 Å². The van der Waals surface area contributed by atoms with Crippen LogP contribution in [-0.4, -0.2) is 18.9 Å². The lowest BCUT2D eigenvalue weighted by molar-refractivity contribution is 0.0988. The molecular formula is C14H18FNO. The van der Waals surface area contributed by atoms with Crippen LogP contribution in [0.2, 0.25) is 0 Å². The van der Waals surface area contributed by atoms with Crippen LogP contribution in [0.5, 0.6) is 0 Å². The molecule has 1 aromatic carbocycles. The number of anilines is 1. The van der Waals surface area contributed by atoms with Gasteiger partial charge in [0, 0.05) is 25.1 Å². The van der Waals surface area contributed by atoms with E-state index in [4.69, 9.17) is 0 Å². The van der Waals surface area contributed by atoms with E-state index >= 15 is 0 Å². The number of ketones is 1. The van der Waals surface area contributed by atoms with Crippen molar-refractivity contribution < 1.29 is 9.18 Å². The molecule has 3 heteroatoms. The van der Waals surface area contributed by atoms with Gasteiger partial charge in [-0.05, 0) is 37.5 Å². The molecule has 0 aromatic heterocycles. The Morgan fingerprint density at radius 2 is 2.00 bits per heavy atom. The van der Waals surface area contributed by atoms with Crippen molar-refractivity contribution in [3.05, 3.63) is 29.6 Å². The van der Waals surface area contributed by atoms with Crippen molar-refractivity contribution in [3.63, 3.8) is 0 Å². The van der Waals surface area contributed by atoms with Crippen LogP contribution in [0.4, 0.5) is 10.1 Å². The zero-order valence-corrected chi connectivity index (χ0v) is 10.2. The minimum absolute atomic E-state index is 0.0885. The van der Waals surface area contributed by atoms with Gasteiger partial charge in [0.15, 0.2) is 5.78 Å². The lowest BCUT2D eigenvalue weighted by Crippen LogP contribution is -2.30. The number of nitrogens with zero attached hydrogens (tertiary/aromatic N) is 1. The van der Waals surface area contributed by atoms with Crippen molar-refractivity contribution in [2.75, 3.05) is 18.0 Å². The molecule has 92 valence electrons. The molecule has 0 radical (unpaired) electrons. The molecule has 0 saturated carbocycles. The fourth-order valence-electron chi connectivity index (χ4n) is 2.33. The summed E-state index contributed by atoms with van der Waals surface area (Å²) in [4.78, 5) is 14.0. The predicted octanol–water partition coefficient (Wildman–Crippen LogP) is 3.41. The maximum absolute atomic E-state index is 13.3. The number of hydrogen-bond donors (Lipinski definition) is 0. The third-order valence-corrected chi connectivity index (χ3v) is 3.28. The topological polar surface area (TPSA) is 20.3 Å². The van der Waals surface area contributed by atoms with Gasteiger partial charge >= 0.3 is 0 Å². The number of rotatable bonds is 3. The van der Waals surface area contributed by atoms with Gasteiger partial charge in [-0.15, -0.1) is 0 Å². The predicted molar refractivity (Wildman–Crippen MR) is 67.1 cm³/mol. The highest BCUT2D eigenvalue weighted by Gasteiger charge is 2.18. The number of carbonyl (C=O) groups is 1. The van der Waals surface area contributed by atoms with Crippen molar-refractivity contribution in [1.29, 1.82) is 0 Å². The first-order valence-electron chi connectivity index (χ1n) is 6.30. The van der Waals surface area contributed by atoms with Crippen LogP contribution in [0, 0.1) is 5.82 Å². The van der Waals surface area contributed by atoms with E-state index in [1.54, 1.807) is 6.07 Å². The zero-order valence-electron chi connectivity index (χ0n) is 10.2. The third-order valence-electron chi connectivity index (χ3n) is 3.28. The summed E-state index contributed by atoms with van der Waals surface area (Å²) in [7, 11) is 0. The fourth-order valence-corrected chi connectivity index (χ4v) is 2.33. The SMILES string of the molecule is CCC(=O)c1ccc(F)cc1N1CCCCC1. The molecule has 17 heavy (non-hydrogen) atoms. The Morgan fingerprint density at radius 3 is 2.65 bits per heavy atom. The normalized spacial score (nSPS) is 16.0. The molecule has 1 aliphatic rings. The van der Waals surface area contributed by atoms with E-state index in [1.165, 1.54) is 18.6 Å². The number of Topliss-reactive ketones (excluding diaryl/α,β-unsaturated/α-hetero) is 1. The third kappa shape index (κ3) is 2.65. The number of hydrogen-bond acceptors (Lipinski definition) is 2. The molecule has 0 N–H and O–H groups in total. The quantitative estimate of drug-likeness (QED) is 0.748. The standard InChI is InChI=1S/C14H18FNO/c1-2-14(17)12-7-6-11(15)10-13(12)16-8-4-3-5-9-16/h6-7,10H,2-5,8-9H2,1H3. The minimum atomic E-state index is -0.266. The smallest absolute Gasteiger partial charge is 0.164 e. The Kier molecular flexibility index (Phi) is 3.77. The molecule has 0 amide bonds. The maximum Gasteiger partial charge on any atom is 0.164 e. The van der Waals surface area contributed by atoms with Gasteiger partial charge in [0.1, 0.15) is 5.82 Å². The largest absolute Gasteiger partial charge is 0.371 e. The van der Waals surface area contributed by atoms with Crippen molar-refractivity contribution in [1.82, 2.24) is 0 Å². The zero-order chi connectivity index (χ0) is 12.3. The molecule has 0 aliphatic carbocycles. The molecule has 0 bridgehead atoms. The van der Waals surface area contributed by atoms with E-state index in [-0.39, 0.29) is 11.6 Å². The Morgan fingerprint density at radius 1 is 1.29 bits per heavy atom. The second-order valence-electron chi connectivity index (χ2n) is 4.49. The number of halogens is 1. The van der Waals surface area contributed by atoms with Gasteiger partial charge in [-0.3, -0.25) is 4.79 Å². The Balaban J connectivity index is 2.35. The van der Waals surface area contributed by atoms with E-state index in [1.807, 2.05) is 6.92 Å². The van der Waals surface area contributed by atoms with E-state index in [9.17, 15) is 9.18 Å². The molecule has 1 fully saturated rings. The van der Waals surface area contributed by atoms with Crippen molar-refractivity contribution >= 4 is 11.5 Å². The molecule has 0 spiro atoms. The van der Waals surface area contributed by atoms with Crippen LogP contribution in [0.1, 0.15) is 43.0 Å². The molecule has 1 saturated heterocycles. The van der Waals surface area contributed by atoms with Crippen LogP contribution in [0.15, 0.2) is 18.2 Å². The second-order valence-corrected chi connectivity index (χ2v) is 4.49. The minimum Gasteiger partial charge on any atom is -0.371 e. The fraction of sp³-hybridized carbons (Fsp3) is 0.500. The maximum atomic E-state index is 13.3. The lowest BCUT2D eigenvalue weighted by atomic mass is 10.0. The van der Waals surface area contributed by atoms with E-state index in [2.05, 4.69) is 4.90 Å². The van der Waals surface area contributed by atoms with Gasteiger partial charge in [0.25, 0.3) is 0 Å². The first kappa shape index (κ1) is 12.1. The lowest BCUT2D eigenvalue weighted by Gasteiger charge is -2.30.